The number of nitrogens with zero attached hydrogens (tertiary/aromatic N) is 3. The molecule has 2 aromatic heterocycles. The third kappa shape index (κ3) is 5.57. The van der Waals surface area contributed by atoms with Crippen molar-refractivity contribution in [2.45, 2.75) is 33.1 Å². The van der Waals surface area contributed by atoms with Gasteiger partial charge in [-0.15, -0.1) is 13.2 Å². The lowest BCUT2D eigenvalue weighted by Crippen LogP contribution is -2.31. The van der Waals surface area contributed by atoms with Crippen molar-refractivity contribution in [1.29, 1.82) is 0 Å². The number of aromatic nitrogens is 3. The minimum absolute atomic E-state index is 0. The highest BCUT2D eigenvalue weighted by Crippen LogP contribution is 2.33. The summed E-state index contributed by atoms with van der Waals surface area (Å²) in [5.74, 6) is 0.693. The molecule has 0 aliphatic carbocycles. The second kappa shape index (κ2) is 9.82. The van der Waals surface area contributed by atoms with E-state index in [0.717, 1.165) is 31.4 Å². The minimum atomic E-state index is -4.75. The molecule has 0 spiro atoms. The molecule has 4 aromatic rings. The summed E-state index contributed by atoms with van der Waals surface area (Å²) in [6, 6.07) is 9.52. The fourth-order valence-corrected chi connectivity index (χ4v) is 5.10. The summed E-state index contributed by atoms with van der Waals surface area (Å²) in [6.07, 6.45) is -2.08. The van der Waals surface area contributed by atoms with E-state index in [1.54, 1.807) is 6.07 Å². The Labute approximate surface area is 204 Å². The number of hydrogen-bond acceptors (Lipinski definition) is 7. The van der Waals surface area contributed by atoms with Crippen LogP contribution in [0.1, 0.15) is 37.0 Å². The number of carbonyl (C=O) groups excluding carboxylic acids is 1. The summed E-state index contributed by atoms with van der Waals surface area (Å²) in [7, 11) is 1.84. The number of nitrogens with one attached hydrogen (secondary N) is 2. The van der Waals surface area contributed by atoms with Crippen molar-refractivity contribution in [3.05, 3.63) is 42.0 Å². The number of piperidine rings is 1. The van der Waals surface area contributed by atoms with E-state index in [4.69, 9.17) is 0 Å². The van der Waals surface area contributed by atoms with Crippen molar-refractivity contribution in [1.82, 2.24) is 19.9 Å². The molecule has 1 aliphatic rings. The minimum Gasteiger partial charge on any atom is -0.406 e. The van der Waals surface area contributed by atoms with Crippen molar-refractivity contribution >= 4 is 49.4 Å². The zero-order valence-corrected chi connectivity index (χ0v) is 19.1. The Morgan fingerprint density at radius 2 is 2.06 bits per heavy atom. The van der Waals surface area contributed by atoms with Gasteiger partial charge in [-0.05, 0) is 62.2 Å². The fraction of sp³-hybridized carbons (Fsp3) is 0.375. The highest BCUT2D eigenvalue weighted by molar-refractivity contribution is 7.22. The second-order valence-electron chi connectivity index (χ2n) is 8.36. The third-order valence-electron chi connectivity index (χ3n) is 5.89. The van der Waals surface area contributed by atoms with E-state index < -0.39 is 6.36 Å². The molecule has 7 nitrogen and oxygen atoms in total. The van der Waals surface area contributed by atoms with Crippen LogP contribution in [0.2, 0.25) is 0 Å². The summed E-state index contributed by atoms with van der Waals surface area (Å²) in [5.41, 5.74) is 2.71. The maximum Gasteiger partial charge on any atom is 0.573 e. The first kappa shape index (κ1) is 24.9. The SMILES string of the molecule is C.Cn1c(Nc2nc3ccc(OC(F)(F)F)cc3s2)nc2cc(C(=O)CC3CCCNC3)ccc21. The average Bonchev–Trinajstić information content (AvgIpc) is 3.33. The van der Waals surface area contributed by atoms with Gasteiger partial charge in [-0.1, -0.05) is 18.8 Å². The van der Waals surface area contributed by atoms with Crippen LogP contribution in [0.4, 0.5) is 24.3 Å². The molecule has 1 unspecified atom stereocenters. The predicted octanol–water partition coefficient (Wildman–Crippen LogP) is 6.03. The zero-order chi connectivity index (χ0) is 23.9. The Bertz CT molecular complexity index is 1360. The molecule has 1 atom stereocenters. The highest BCUT2D eigenvalue weighted by atomic mass is 32.1. The molecule has 1 saturated heterocycles. The Morgan fingerprint density at radius 3 is 2.80 bits per heavy atom. The van der Waals surface area contributed by atoms with Crippen LogP contribution in [-0.2, 0) is 7.05 Å². The van der Waals surface area contributed by atoms with Crippen LogP contribution in [0, 0.1) is 5.92 Å². The Hall–Kier alpha value is -3.18. The molecule has 35 heavy (non-hydrogen) atoms. The Balaban J connectivity index is 0.00000289. The van der Waals surface area contributed by atoms with Crippen LogP contribution in [-0.4, -0.2) is 39.8 Å². The quantitative estimate of drug-likeness (QED) is 0.311. The zero-order valence-electron chi connectivity index (χ0n) is 18.3. The number of hydrogen-bond donors (Lipinski definition) is 2. The summed E-state index contributed by atoms with van der Waals surface area (Å²) in [5, 5.41) is 6.96. The van der Waals surface area contributed by atoms with Gasteiger partial charge in [-0.2, -0.15) is 0 Å². The molecule has 11 heteroatoms. The molecule has 1 aliphatic heterocycles. The number of thiazole rings is 1. The van der Waals surface area contributed by atoms with Crippen LogP contribution in [0.25, 0.3) is 21.3 Å². The number of ketones is 1. The van der Waals surface area contributed by atoms with E-state index in [0.29, 0.717) is 44.7 Å². The van der Waals surface area contributed by atoms with Gasteiger partial charge < -0.3 is 19.9 Å². The molecular weight excluding hydrogens is 479 g/mol. The van der Waals surface area contributed by atoms with Crippen molar-refractivity contribution in [2.75, 3.05) is 18.4 Å². The Morgan fingerprint density at radius 1 is 1.23 bits per heavy atom. The van der Waals surface area contributed by atoms with Gasteiger partial charge in [-0.3, -0.25) is 4.79 Å². The summed E-state index contributed by atoms with van der Waals surface area (Å²) >= 11 is 1.20. The molecular formula is C24H26F3N5O2S. The van der Waals surface area contributed by atoms with Gasteiger partial charge in [0.2, 0.25) is 5.95 Å². The Kier molecular flexibility index (Phi) is 7.00. The molecule has 186 valence electrons. The summed E-state index contributed by atoms with van der Waals surface area (Å²) < 4.78 is 43.9. The highest BCUT2D eigenvalue weighted by Gasteiger charge is 2.31. The smallest absolute Gasteiger partial charge is 0.406 e. The van der Waals surface area contributed by atoms with Gasteiger partial charge in [0.05, 0.1) is 21.3 Å². The third-order valence-corrected chi connectivity index (χ3v) is 6.82. The number of anilines is 2. The topological polar surface area (TPSA) is 81.1 Å². The number of aryl methyl sites for hydroxylation is 1. The van der Waals surface area contributed by atoms with E-state index >= 15 is 0 Å². The number of rotatable bonds is 6. The molecule has 1 fully saturated rings. The molecule has 2 N–H and O–H groups in total. The largest absolute Gasteiger partial charge is 0.573 e. The van der Waals surface area contributed by atoms with E-state index in [-0.39, 0.29) is 19.0 Å². The maximum atomic E-state index is 12.8. The van der Waals surface area contributed by atoms with Gasteiger partial charge >= 0.3 is 6.36 Å². The molecule has 0 saturated carbocycles. The molecule has 5 rings (SSSR count). The van der Waals surface area contributed by atoms with Crippen molar-refractivity contribution < 1.29 is 22.7 Å². The van der Waals surface area contributed by atoms with E-state index in [2.05, 4.69) is 25.3 Å². The molecule has 0 amide bonds. The van der Waals surface area contributed by atoms with E-state index in [1.165, 1.54) is 29.5 Å². The normalized spacial score (nSPS) is 16.3. The number of fused-ring (bicyclic) bond motifs is 2. The first-order chi connectivity index (χ1) is 16.2. The number of alkyl halides is 3. The van der Waals surface area contributed by atoms with Gasteiger partial charge in [0.25, 0.3) is 0 Å². The predicted molar refractivity (Wildman–Crippen MR) is 132 cm³/mol. The van der Waals surface area contributed by atoms with Crippen LogP contribution in [0.3, 0.4) is 0 Å². The lowest BCUT2D eigenvalue weighted by molar-refractivity contribution is -0.274. The monoisotopic (exact) mass is 505 g/mol. The summed E-state index contributed by atoms with van der Waals surface area (Å²) in [6.45, 7) is 1.88. The number of ether oxygens (including phenoxy) is 1. The average molecular weight is 506 g/mol. The van der Waals surface area contributed by atoms with Gasteiger partial charge in [0.15, 0.2) is 10.9 Å². The number of benzene rings is 2. The summed E-state index contributed by atoms with van der Waals surface area (Å²) in [4.78, 5) is 21.8. The van der Waals surface area contributed by atoms with Gasteiger partial charge in [-0.25, -0.2) is 9.97 Å². The molecule has 3 heterocycles. The van der Waals surface area contributed by atoms with Crippen molar-refractivity contribution in [3.8, 4) is 5.75 Å². The van der Waals surface area contributed by atoms with Crippen molar-refractivity contribution in [2.24, 2.45) is 13.0 Å². The number of imidazole rings is 1. The first-order valence-corrected chi connectivity index (χ1v) is 11.7. The van der Waals surface area contributed by atoms with Crippen LogP contribution in [0.5, 0.6) is 5.75 Å². The fourth-order valence-electron chi connectivity index (χ4n) is 4.21. The van der Waals surface area contributed by atoms with Gasteiger partial charge in [0.1, 0.15) is 5.75 Å². The first-order valence-electron chi connectivity index (χ1n) is 10.9. The maximum absolute atomic E-state index is 12.8. The standard InChI is InChI=1S/C23H22F3N5O2S.CH4/c1-31-18-7-4-14(19(32)9-13-3-2-8-27-12-13)10-17(18)28-21(31)30-22-29-16-6-5-15(11-20(16)34-22)33-23(24,25)26;/h4-7,10-11,13,27H,2-3,8-9,12H2,1H3,(H,28,29,30);1H4. The van der Waals surface area contributed by atoms with Gasteiger partial charge in [0, 0.05) is 25.1 Å². The molecule has 0 bridgehead atoms. The molecule has 0 radical (unpaired) electrons. The van der Waals surface area contributed by atoms with E-state index in [9.17, 15) is 18.0 Å². The lowest BCUT2D eigenvalue weighted by Gasteiger charge is -2.21. The second-order valence-corrected chi connectivity index (χ2v) is 9.39. The number of carbonyl (C=O) groups is 1. The molecule has 2 aromatic carbocycles. The van der Waals surface area contributed by atoms with Crippen LogP contribution < -0.4 is 15.4 Å². The number of halogens is 3. The van der Waals surface area contributed by atoms with Crippen LogP contribution >= 0.6 is 11.3 Å². The number of Topliss-reactive ketones (excluding diaryl/α,β-unsaturated/α-hetero) is 1. The lowest BCUT2D eigenvalue weighted by atomic mass is 9.92. The van der Waals surface area contributed by atoms with Crippen LogP contribution in [0.15, 0.2) is 36.4 Å². The van der Waals surface area contributed by atoms with Crippen molar-refractivity contribution in [3.63, 3.8) is 0 Å². The van der Waals surface area contributed by atoms with E-state index in [1.807, 2.05) is 23.7 Å².